The second kappa shape index (κ2) is 8.55. The standard InChI is InChI=1S/C18H15Cl3N2O2S/c1-2-25-8-7-23-16-14(21)9-11(19)10-15(16)26-18(23)22-17(24)12-5-3-4-6-13(12)20/h3-6,9-10H,2,7-8H2,1H3. The highest BCUT2D eigenvalue weighted by atomic mass is 35.5. The van der Waals surface area contributed by atoms with Crippen LogP contribution in [-0.4, -0.2) is 23.7 Å². The second-order valence-electron chi connectivity index (χ2n) is 5.36. The van der Waals surface area contributed by atoms with E-state index < -0.39 is 5.91 Å². The summed E-state index contributed by atoms with van der Waals surface area (Å²) >= 11 is 19.9. The van der Waals surface area contributed by atoms with Crippen LogP contribution in [0.3, 0.4) is 0 Å². The fraction of sp³-hybridized carbons (Fsp3) is 0.222. The van der Waals surface area contributed by atoms with Gasteiger partial charge in [-0.15, -0.1) is 0 Å². The number of halogens is 3. The molecule has 0 aliphatic heterocycles. The number of aromatic nitrogens is 1. The van der Waals surface area contributed by atoms with Crippen molar-refractivity contribution in [3.8, 4) is 0 Å². The van der Waals surface area contributed by atoms with Crippen LogP contribution < -0.4 is 4.80 Å². The van der Waals surface area contributed by atoms with Gasteiger partial charge in [0.1, 0.15) is 0 Å². The van der Waals surface area contributed by atoms with Crippen LogP contribution in [0.4, 0.5) is 0 Å². The highest BCUT2D eigenvalue weighted by molar-refractivity contribution is 7.16. The average molecular weight is 430 g/mol. The van der Waals surface area contributed by atoms with Crippen LogP contribution >= 0.6 is 46.1 Å². The molecule has 136 valence electrons. The zero-order valence-electron chi connectivity index (χ0n) is 13.8. The molecule has 0 bridgehead atoms. The van der Waals surface area contributed by atoms with Crippen LogP contribution in [0.25, 0.3) is 10.2 Å². The van der Waals surface area contributed by atoms with Gasteiger partial charge in [-0.25, -0.2) is 0 Å². The van der Waals surface area contributed by atoms with Crippen molar-refractivity contribution < 1.29 is 9.53 Å². The molecule has 2 aromatic carbocycles. The number of carbonyl (C=O) groups is 1. The predicted molar refractivity (Wildman–Crippen MR) is 108 cm³/mol. The molecular formula is C18H15Cl3N2O2S. The fourth-order valence-corrected chi connectivity index (χ4v) is 4.56. The van der Waals surface area contributed by atoms with Crippen molar-refractivity contribution in [1.29, 1.82) is 0 Å². The smallest absolute Gasteiger partial charge is 0.281 e. The quantitative estimate of drug-likeness (QED) is 0.507. The highest BCUT2D eigenvalue weighted by Crippen LogP contribution is 2.29. The number of rotatable bonds is 5. The topological polar surface area (TPSA) is 43.6 Å². The fourth-order valence-electron chi connectivity index (χ4n) is 2.50. The number of ether oxygens (including phenoxy) is 1. The zero-order valence-corrected chi connectivity index (χ0v) is 16.9. The molecule has 26 heavy (non-hydrogen) atoms. The molecule has 0 unspecified atom stereocenters. The zero-order chi connectivity index (χ0) is 18.7. The Morgan fingerprint density at radius 1 is 1.19 bits per heavy atom. The minimum atomic E-state index is -0.408. The molecule has 0 radical (unpaired) electrons. The first-order chi connectivity index (χ1) is 12.5. The van der Waals surface area contributed by atoms with Crippen LogP contribution in [0, 0.1) is 0 Å². The number of benzene rings is 2. The third-order valence-electron chi connectivity index (χ3n) is 3.66. The van der Waals surface area contributed by atoms with Gasteiger partial charge in [-0.05, 0) is 31.2 Å². The van der Waals surface area contributed by atoms with E-state index in [1.807, 2.05) is 17.6 Å². The summed E-state index contributed by atoms with van der Waals surface area (Å²) in [6, 6.07) is 10.3. The van der Waals surface area contributed by atoms with E-state index in [0.717, 1.165) is 10.2 Å². The number of fused-ring (bicyclic) bond motifs is 1. The van der Waals surface area contributed by atoms with E-state index in [-0.39, 0.29) is 0 Å². The van der Waals surface area contributed by atoms with E-state index in [0.29, 0.717) is 45.2 Å². The Morgan fingerprint density at radius 2 is 1.96 bits per heavy atom. The molecule has 8 heteroatoms. The molecule has 0 spiro atoms. The molecule has 0 aliphatic rings. The molecule has 0 N–H and O–H groups in total. The van der Waals surface area contributed by atoms with Gasteiger partial charge in [-0.1, -0.05) is 58.3 Å². The lowest BCUT2D eigenvalue weighted by atomic mass is 10.2. The normalized spacial score (nSPS) is 12.1. The summed E-state index contributed by atoms with van der Waals surface area (Å²) < 4.78 is 8.18. The van der Waals surface area contributed by atoms with Gasteiger partial charge in [0.15, 0.2) is 4.80 Å². The Kier molecular flexibility index (Phi) is 6.37. The molecule has 4 nitrogen and oxygen atoms in total. The van der Waals surface area contributed by atoms with Gasteiger partial charge in [0.2, 0.25) is 0 Å². The number of hydrogen-bond acceptors (Lipinski definition) is 3. The predicted octanol–water partition coefficient (Wildman–Crippen LogP) is 5.44. The Morgan fingerprint density at radius 3 is 2.69 bits per heavy atom. The minimum absolute atomic E-state index is 0.354. The maximum Gasteiger partial charge on any atom is 0.281 e. The van der Waals surface area contributed by atoms with E-state index in [1.54, 1.807) is 30.3 Å². The third-order valence-corrected chi connectivity index (χ3v) is 5.52. The van der Waals surface area contributed by atoms with E-state index in [9.17, 15) is 4.79 Å². The first kappa shape index (κ1) is 19.4. The van der Waals surface area contributed by atoms with Crippen LogP contribution in [0.1, 0.15) is 17.3 Å². The molecule has 1 aromatic heterocycles. The summed E-state index contributed by atoms with van der Waals surface area (Å²) in [5.74, 6) is -0.408. The van der Waals surface area contributed by atoms with Crippen LogP contribution in [0.5, 0.6) is 0 Å². The van der Waals surface area contributed by atoms with Crippen molar-refractivity contribution in [2.24, 2.45) is 4.99 Å². The summed E-state index contributed by atoms with van der Waals surface area (Å²) in [7, 11) is 0. The third kappa shape index (κ3) is 4.13. The van der Waals surface area contributed by atoms with Crippen LogP contribution in [0.15, 0.2) is 41.4 Å². The van der Waals surface area contributed by atoms with Crippen molar-refractivity contribution in [2.75, 3.05) is 13.2 Å². The van der Waals surface area contributed by atoms with Gasteiger partial charge in [0.25, 0.3) is 5.91 Å². The van der Waals surface area contributed by atoms with E-state index in [4.69, 9.17) is 39.5 Å². The van der Waals surface area contributed by atoms with E-state index in [1.165, 1.54) is 11.3 Å². The van der Waals surface area contributed by atoms with Gasteiger partial charge in [-0.2, -0.15) is 4.99 Å². The summed E-state index contributed by atoms with van der Waals surface area (Å²) in [6.45, 7) is 3.53. The molecule has 3 aromatic rings. The number of nitrogens with zero attached hydrogens (tertiary/aromatic N) is 2. The molecule has 0 atom stereocenters. The number of amides is 1. The lowest BCUT2D eigenvalue weighted by molar-refractivity contribution is 0.0997. The van der Waals surface area contributed by atoms with Crippen molar-refractivity contribution >= 4 is 62.3 Å². The van der Waals surface area contributed by atoms with Crippen LogP contribution in [-0.2, 0) is 11.3 Å². The Bertz CT molecular complexity index is 1030. The summed E-state index contributed by atoms with van der Waals surface area (Å²) in [6.07, 6.45) is 0. The molecular weight excluding hydrogens is 415 g/mol. The molecule has 1 heterocycles. The maximum atomic E-state index is 12.6. The Labute approximate surface area is 169 Å². The van der Waals surface area contributed by atoms with Gasteiger partial charge in [0.05, 0.1) is 32.4 Å². The second-order valence-corrected chi connectivity index (χ2v) is 7.62. The van der Waals surface area contributed by atoms with Crippen LogP contribution in [0.2, 0.25) is 15.1 Å². The van der Waals surface area contributed by atoms with Gasteiger partial charge in [-0.3, -0.25) is 4.79 Å². The Hall–Kier alpha value is -1.37. The van der Waals surface area contributed by atoms with Gasteiger partial charge in [0, 0.05) is 18.2 Å². The van der Waals surface area contributed by atoms with Crippen molar-refractivity contribution in [3.05, 3.63) is 61.8 Å². The molecule has 0 fully saturated rings. The summed E-state index contributed by atoms with van der Waals surface area (Å²) in [5.41, 5.74) is 1.14. The van der Waals surface area contributed by atoms with Crippen molar-refractivity contribution in [1.82, 2.24) is 4.57 Å². The highest BCUT2D eigenvalue weighted by Gasteiger charge is 2.14. The SMILES string of the molecule is CCOCCn1c(=NC(=O)c2ccccc2Cl)sc2cc(Cl)cc(Cl)c21. The maximum absolute atomic E-state index is 12.6. The first-order valence-corrected chi connectivity index (χ1v) is 9.86. The van der Waals surface area contributed by atoms with Crippen molar-refractivity contribution in [3.63, 3.8) is 0 Å². The van der Waals surface area contributed by atoms with E-state index >= 15 is 0 Å². The lowest BCUT2D eigenvalue weighted by Crippen LogP contribution is -2.20. The van der Waals surface area contributed by atoms with Crippen molar-refractivity contribution in [2.45, 2.75) is 13.5 Å². The molecule has 1 amide bonds. The number of thiazole rings is 1. The molecule has 0 saturated carbocycles. The lowest BCUT2D eigenvalue weighted by Gasteiger charge is -2.07. The number of hydrogen-bond donors (Lipinski definition) is 0. The average Bonchev–Trinajstić information content (AvgIpc) is 2.92. The molecule has 0 saturated heterocycles. The van der Waals surface area contributed by atoms with E-state index in [2.05, 4.69) is 4.99 Å². The first-order valence-electron chi connectivity index (χ1n) is 7.91. The minimum Gasteiger partial charge on any atom is -0.380 e. The molecule has 3 rings (SSSR count). The molecule has 0 aliphatic carbocycles. The summed E-state index contributed by atoms with van der Waals surface area (Å²) in [5, 5.41) is 1.40. The summed E-state index contributed by atoms with van der Waals surface area (Å²) in [4.78, 5) is 17.4. The number of carbonyl (C=O) groups excluding carboxylic acids is 1. The van der Waals surface area contributed by atoms with Gasteiger partial charge >= 0.3 is 0 Å². The monoisotopic (exact) mass is 428 g/mol. The largest absolute Gasteiger partial charge is 0.380 e. The Balaban J connectivity index is 2.14. The van der Waals surface area contributed by atoms with Gasteiger partial charge < -0.3 is 9.30 Å².